The van der Waals surface area contributed by atoms with Crippen LogP contribution in [0.2, 0.25) is 10.0 Å². The molecule has 5 nitrogen and oxygen atoms in total. The molecule has 1 aromatic heterocycles. The maximum absolute atomic E-state index is 6.46. The molecule has 7 heteroatoms. The second kappa shape index (κ2) is 7.35. The van der Waals surface area contributed by atoms with Gasteiger partial charge in [0, 0.05) is 15.7 Å². The van der Waals surface area contributed by atoms with Gasteiger partial charge in [0.2, 0.25) is 5.95 Å². The van der Waals surface area contributed by atoms with Gasteiger partial charge in [-0.1, -0.05) is 89.0 Å². The molecule has 0 bridgehead atoms. The zero-order valence-electron chi connectivity index (χ0n) is 15.1. The highest BCUT2D eigenvalue weighted by Gasteiger charge is 2.26. The Morgan fingerprint density at radius 2 is 1.55 bits per heavy atom. The topological polar surface area (TPSA) is 55.6 Å². The summed E-state index contributed by atoms with van der Waals surface area (Å²) in [7, 11) is 0. The Morgan fingerprint density at radius 3 is 2.31 bits per heavy atom. The van der Waals surface area contributed by atoms with Crippen LogP contribution in [0.5, 0.6) is 0 Å². The first-order chi connectivity index (χ1) is 14.2. The molecule has 0 unspecified atom stereocenters. The van der Waals surface area contributed by atoms with Crippen molar-refractivity contribution in [2.45, 2.75) is 6.04 Å². The Hall–Kier alpha value is -3.15. The zero-order valence-corrected chi connectivity index (χ0v) is 16.6. The lowest BCUT2D eigenvalue weighted by molar-refractivity contribution is 0.586. The summed E-state index contributed by atoms with van der Waals surface area (Å²) < 4.78 is 1.71. The number of hydrogen-bond donors (Lipinski definition) is 1. The molecule has 0 radical (unpaired) electrons. The van der Waals surface area contributed by atoms with E-state index in [1.807, 2.05) is 30.3 Å². The third-order valence-electron chi connectivity index (χ3n) is 4.91. The van der Waals surface area contributed by atoms with Crippen molar-refractivity contribution in [2.75, 3.05) is 5.32 Å². The number of benzene rings is 3. The number of allylic oxidation sites excluding steroid dienone is 1. The molecule has 3 aromatic carbocycles. The smallest absolute Gasteiger partial charge is 0.248 e. The summed E-state index contributed by atoms with van der Waals surface area (Å²) in [4.78, 5) is 0. The standard InChI is InChI=1S/C22H15Cl2N5/c23-17-10-11-18(19(24)12-17)21-13-20(25-22-26-27-28-29(21)22)16-8-6-15(7-9-16)14-4-2-1-3-5-14/h1-13,21H,(H,25,26,28)/t21-/m0/s1. The van der Waals surface area contributed by atoms with Gasteiger partial charge in [-0.3, -0.25) is 0 Å². The van der Waals surface area contributed by atoms with Crippen molar-refractivity contribution in [2.24, 2.45) is 0 Å². The van der Waals surface area contributed by atoms with E-state index < -0.39 is 0 Å². The summed E-state index contributed by atoms with van der Waals surface area (Å²) in [6, 6.07) is 23.9. The number of aromatic nitrogens is 4. The number of nitrogens with one attached hydrogen (secondary N) is 1. The van der Waals surface area contributed by atoms with Gasteiger partial charge in [-0.15, -0.1) is 0 Å². The number of tetrazole rings is 1. The van der Waals surface area contributed by atoms with E-state index in [2.05, 4.69) is 63.3 Å². The highest BCUT2D eigenvalue weighted by molar-refractivity contribution is 6.35. The van der Waals surface area contributed by atoms with Gasteiger partial charge in [-0.25, -0.2) is 0 Å². The van der Waals surface area contributed by atoms with E-state index in [1.54, 1.807) is 10.7 Å². The first-order valence-electron chi connectivity index (χ1n) is 9.06. The summed E-state index contributed by atoms with van der Waals surface area (Å²) in [6.07, 6.45) is 2.07. The SMILES string of the molecule is Clc1ccc([C@@H]2C=C(c3ccc(-c4ccccc4)cc3)Nc3nnnn32)c(Cl)c1. The van der Waals surface area contributed by atoms with Crippen molar-refractivity contribution < 1.29 is 0 Å². The molecular weight excluding hydrogens is 405 g/mol. The number of halogens is 2. The van der Waals surface area contributed by atoms with Gasteiger partial charge in [0.15, 0.2) is 0 Å². The third kappa shape index (κ3) is 3.39. The largest absolute Gasteiger partial charge is 0.323 e. The summed E-state index contributed by atoms with van der Waals surface area (Å²) in [6.45, 7) is 0. The van der Waals surface area contributed by atoms with Crippen LogP contribution in [0.15, 0.2) is 78.9 Å². The fourth-order valence-electron chi connectivity index (χ4n) is 3.46. The molecule has 4 aromatic rings. The Kier molecular flexibility index (Phi) is 4.54. The van der Waals surface area contributed by atoms with Crippen molar-refractivity contribution in [3.8, 4) is 11.1 Å². The first-order valence-corrected chi connectivity index (χ1v) is 9.82. The number of fused-ring (bicyclic) bond motifs is 1. The minimum absolute atomic E-state index is 0.241. The quantitative estimate of drug-likeness (QED) is 0.462. The van der Waals surface area contributed by atoms with Crippen LogP contribution in [0.1, 0.15) is 17.2 Å². The molecule has 1 aliphatic rings. The van der Waals surface area contributed by atoms with E-state index in [4.69, 9.17) is 23.2 Å². The van der Waals surface area contributed by atoms with Crippen molar-refractivity contribution in [1.29, 1.82) is 0 Å². The van der Waals surface area contributed by atoms with E-state index in [9.17, 15) is 0 Å². The Bertz CT molecular complexity index is 1200. The monoisotopic (exact) mass is 419 g/mol. The van der Waals surface area contributed by atoms with Crippen LogP contribution in [0, 0.1) is 0 Å². The van der Waals surface area contributed by atoms with E-state index in [-0.39, 0.29) is 6.04 Å². The third-order valence-corrected chi connectivity index (χ3v) is 5.47. The van der Waals surface area contributed by atoms with Crippen molar-refractivity contribution in [3.05, 3.63) is 100 Å². The van der Waals surface area contributed by atoms with Crippen LogP contribution in [0.3, 0.4) is 0 Å². The summed E-state index contributed by atoms with van der Waals surface area (Å²) in [5.41, 5.74) is 5.17. The molecule has 0 fully saturated rings. The van der Waals surface area contributed by atoms with Crippen LogP contribution in [0.25, 0.3) is 16.8 Å². The second-order valence-electron chi connectivity index (χ2n) is 6.71. The molecule has 29 heavy (non-hydrogen) atoms. The Labute approximate surface area is 177 Å². The number of anilines is 1. The lowest BCUT2D eigenvalue weighted by Gasteiger charge is -2.24. The molecule has 2 heterocycles. The van der Waals surface area contributed by atoms with Gasteiger partial charge >= 0.3 is 0 Å². The predicted octanol–water partition coefficient (Wildman–Crippen LogP) is 5.70. The fraction of sp³-hybridized carbons (Fsp3) is 0.0455. The lowest BCUT2D eigenvalue weighted by atomic mass is 9.99. The van der Waals surface area contributed by atoms with E-state index >= 15 is 0 Å². The van der Waals surface area contributed by atoms with E-state index in [0.29, 0.717) is 16.0 Å². The summed E-state index contributed by atoms with van der Waals surface area (Å²) >= 11 is 12.5. The van der Waals surface area contributed by atoms with Crippen LogP contribution >= 0.6 is 23.2 Å². The maximum atomic E-state index is 6.46. The molecule has 1 atom stereocenters. The minimum atomic E-state index is -0.241. The van der Waals surface area contributed by atoms with Gasteiger partial charge in [-0.2, -0.15) is 4.68 Å². The van der Waals surface area contributed by atoms with Crippen molar-refractivity contribution in [1.82, 2.24) is 20.2 Å². The van der Waals surface area contributed by atoms with Crippen molar-refractivity contribution >= 4 is 34.8 Å². The molecule has 0 spiro atoms. The average Bonchev–Trinajstić information content (AvgIpc) is 3.23. The van der Waals surface area contributed by atoms with Gasteiger partial charge in [0.25, 0.3) is 0 Å². The molecular formula is C22H15Cl2N5. The molecule has 0 saturated carbocycles. The summed E-state index contributed by atoms with van der Waals surface area (Å²) in [5.74, 6) is 0.561. The van der Waals surface area contributed by atoms with Gasteiger partial charge in [-0.05, 0) is 50.9 Å². The fourth-order valence-corrected chi connectivity index (χ4v) is 3.98. The second-order valence-corrected chi connectivity index (χ2v) is 7.55. The molecule has 1 aliphatic heterocycles. The maximum Gasteiger partial charge on any atom is 0.248 e. The van der Waals surface area contributed by atoms with Crippen LogP contribution in [0.4, 0.5) is 5.95 Å². The lowest BCUT2D eigenvalue weighted by Crippen LogP contribution is -2.20. The van der Waals surface area contributed by atoms with Gasteiger partial charge in [0.1, 0.15) is 6.04 Å². The molecule has 0 saturated heterocycles. The van der Waals surface area contributed by atoms with Crippen molar-refractivity contribution in [3.63, 3.8) is 0 Å². The molecule has 5 rings (SSSR count). The van der Waals surface area contributed by atoms with Crippen LogP contribution in [-0.4, -0.2) is 20.2 Å². The normalized spacial score (nSPS) is 15.4. The number of nitrogens with zero attached hydrogens (tertiary/aromatic N) is 4. The highest BCUT2D eigenvalue weighted by Crippen LogP contribution is 2.36. The van der Waals surface area contributed by atoms with Gasteiger partial charge in [0.05, 0.1) is 0 Å². The zero-order chi connectivity index (χ0) is 19.8. The number of rotatable bonds is 3. The molecule has 0 aliphatic carbocycles. The molecule has 1 N–H and O–H groups in total. The average molecular weight is 420 g/mol. The predicted molar refractivity (Wildman–Crippen MR) is 116 cm³/mol. The summed E-state index contributed by atoms with van der Waals surface area (Å²) in [5, 5.41) is 16.5. The molecule has 142 valence electrons. The van der Waals surface area contributed by atoms with Crippen LogP contribution < -0.4 is 5.32 Å². The molecule has 0 amide bonds. The van der Waals surface area contributed by atoms with Crippen LogP contribution in [-0.2, 0) is 0 Å². The minimum Gasteiger partial charge on any atom is -0.323 e. The van der Waals surface area contributed by atoms with Gasteiger partial charge < -0.3 is 5.32 Å². The Balaban J connectivity index is 1.54. The highest BCUT2D eigenvalue weighted by atomic mass is 35.5. The van der Waals surface area contributed by atoms with E-state index in [0.717, 1.165) is 22.4 Å². The first kappa shape index (κ1) is 17.9. The van der Waals surface area contributed by atoms with E-state index in [1.165, 1.54) is 5.56 Å². The number of hydrogen-bond acceptors (Lipinski definition) is 4. The Morgan fingerprint density at radius 1 is 0.828 bits per heavy atom.